The van der Waals surface area contributed by atoms with Crippen molar-refractivity contribution in [2.24, 2.45) is 0 Å². The maximum Gasteiger partial charge on any atom is 0.416 e. The standard InChI is InChI=1S/C31H27F3N6O2/c32-31(33,34)23-12-6-20(7-13-23)18-40-19-36-26-28(35-16-17-42-25-4-2-1-3-5-25)38-27(39-29(26)40)21-8-10-22(11-9-21)30(41)37-24-14-15-24/h1-13,19,24H,14-18H2,(H,37,41)(H,35,38,39). The van der Waals surface area contributed by atoms with Crippen LogP contribution in [0.2, 0.25) is 0 Å². The molecule has 1 aliphatic carbocycles. The van der Waals surface area contributed by atoms with Gasteiger partial charge in [-0.1, -0.05) is 42.5 Å². The van der Waals surface area contributed by atoms with E-state index in [2.05, 4.69) is 15.6 Å². The second-order valence-corrected chi connectivity index (χ2v) is 10.0. The van der Waals surface area contributed by atoms with Crippen molar-refractivity contribution in [3.63, 3.8) is 0 Å². The molecule has 42 heavy (non-hydrogen) atoms. The number of nitrogens with one attached hydrogen (secondary N) is 2. The van der Waals surface area contributed by atoms with Crippen molar-refractivity contribution in [2.45, 2.75) is 31.6 Å². The van der Waals surface area contributed by atoms with Gasteiger partial charge in [0.25, 0.3) is 5.91 Å². The Bertz CT molecular complexity index is 1680. The third-order valence-electron chi connectivity index (χ3n) is 6.82. The average molecular weight is 573 g/mol. The summed E-state index contributed by atoms with van der Waals surface area (Å²) in [5.41, 5.74) is 2.25. The van der Waals surface area contributed by atoms with Gasteiger partial charge in [0.1, 0.15) is 17.9 Å². The molecule has 11 heteroatoms. The van der Waals surface area contributed by atoms with Crippen LogP contribution in [-0.4, -0.2) is 44.6 Å². The minimum atomic E-state index is -4.40. The molecule has 0 spiro atoms. The Kier molecular flexibility index (Phi) is 7.47. The lowest BCUT2D eigenvalue weighted by atomic mass is 10.1. The molecule has 2 heterocycles. The lowest BCUT2D eigenvalue weighted by molar-refractivity contribution is -0.137. The second kappa shape index (κ2) is 11.5. The summed E-state index contributed by atoms with van der Waals surface area (Å²) >= 11 is 0. The Labute approximate surface area is 239 Å². The molecule has 6 rings (SSSR count). The molecule has 0 bridgehead atoms. The van der Waals surface area contributed by atoms with Crippen LogP contribution in [0.4, 0.5) is 19.0 Å². The summed E-state index contributed by atoms with van der Waals surface area (Å²) < 4.78 is 46.7. The topological polar surface area (TPSA) is 94.0 Å². The SMILES string of the molecule is O=C(NC1CC1)c1ccc(-c2nc(NCCOc3ccccc3)c3ncn(Cc4ccc(C(F)(F)F)cc4)c3n2)cc1. The zero-order valence-corrected chi connectivity index (χ0v) is 22.4. The largest absolute Gasteiger partial charge is 0.492 e. The predicted molar refractivity (Wildman–Crippen MR) is 152 cm³/mol. The summed E-state index contributed by atoms with van der Waals surface area (Å²) in [6.45, 7) is 1.08. The number of hydrogen-bond acceptors (Lipinski definition) is 6. The number of hydrogen-bond donors (Lipinski definition) is 2. The third kappa shape index (κ3) is 6.35. The molecule has 1 aliphatic rings. The van der Waals surface area contributed by atoms with E-state index in [1.54, 1.807) is 35.2 Å². The van der Waals surface area contributed by atoms with Gasteiger partial charge in [-0.15, -0.1) is 0 Å². The molecule has 3 aromatic carbocycles. The van der Waals surface area contributed by atoms with E-state index < -0.39 is 11.7 Å². The quantitative estimate of drug-likeness (QED) is 0.201. The van der Waals surface area contributed by atoms with Crippen LogP contribution in [0.25, 0.3) is 22.6 Å². The number of anilines is 1. The number of imidazole rings is 1. The van der Waals surface area contributed by atoms with Gasteiger partial charge in [-0.05, 0) is 54.8 Å². The average Bonchev–Trinajstić information content (AvgIpc) is 3.73. The number of para-hydroxylation sites is 1. The molecule has 5 aromatic rings. The number of alkyl halides is 3. The van der Waals surface area contributed by atoms with Crippen molar-refractivity contribution in [1.82, 2.24) is 24.8 Å². The maximum atomic E-state index is 13.0. The summed E-state index contributed by atoms with van der Waals surface area (Å²) in [6.07, 6.45) is -0.799. The number of carbonyl (C=O) groups excluding carboxylic acids is 1. The molecule has 0 atom stereocenters. The van der Waals surface area contributed by atoms with Gasteiger partial charge in [0.2, 0.25) is 0 Å². The number of rotatable bonds is 10. The van der Waals surface area contributed by atoms with E-state index in [0.717, 1.165) is 30.7 Å². The first kappa shape index (κ1) is 27.3. The first-order valence-electron chi connectivity index (χ1n) is 13.6. The van der Waals surface area contributed by atoms with Crippen molar-refractivity contribution in [1.29, 1.82) is 0 Å². The summed E-state index contributed by atoms with van der Waals surface area (Å²) in [4.78, 5) is 26.5. The number of ether oxygens (including phenoxy) is 1. The predicted octanol–water partition coefficient (Wildman–Crippen LogP) is 5.94. The lowest BCUT2D eigenvalue weighted by Gasteiger charge is -2.12. The zero-order chi connectivity index (χ0) is 29.1. The lowest BCUT2D eigenvalue weighted by Crippen LogP contribution is -2.25. The van der Waals surface area contributed by atoms with Gasteiger partial charge >= 0.3 is 6.18 Å². The zero-order valence-electron chi connectivity index (χ0n) is 22.4. The molecule has 0 unspecified atom stereocenters. The number of aromatic nitrogens is 4. The number of amides is 1. The number of carbonyl (C=O) groups is 1. The van der Waals surface area contributed by atoms with Gasteiger partial charge in [-0.25, -0.2) is 15.0 Å². The second-order valence-electron chi connectivity index (χ2n) is 10.0. The van der Waals surface area contributed by atoms with Crippen molar-refractivity contribution < 1.29 is 22.7 Å². The molecule has 2 aromatic heterocycles. The molecule has 0 saturated heterocycles. The van der Waals surface area contributed by atoms with E-state index in [1.807, 2.05) is 30.3 Å². The first-order chi connectivity index (χ1) is 20.3. The molecule has 1 amide bonds. The fourth-order valence-corrected chi connectivity index (χ4v) is 4.43. The minimum absolute atomic E-state index is 0.115. The monoisotopic (exact) mass is 572 g/mol. The third-order valence-corrected chi connectivity index (χ3v) is 6.82. The first-order valence-corrected chi connectivity index (χ1v) is 13.6. The van der Waals surface area contributed by atoms with Crippen LogP contribution in [-0.2, 0) is 12.7 Å². The molecule has 0 radical (unpaired) electrons. The van der Waals surface area contributed by atoms with E-state index in [9.17, 15) is 18.0 Å². The van der Waals surface area contributed by atoms with Crippen molar-refractivity contribution in [2.75, 3.05) is 18.5 Å². The summed E-state index contributed by atoms with van der Waals surface area (Å²) in [6, 6.07) is 21.8. The Balaban J connectivity index is 1.27. The highest BCUT2D eigenvalue weighted by Gasteiger charge is 2.30. The fraction of sp³-hybridized carbons (Fsp3) is 0.226. The van der Waals surface area contributed by atoms with Crippen LogP contribution in [0.15, 0.2) is 85.2 Å². The Morgan fingerprint density at radius 2 is 1.69 bits per heavy atom. The van der Waals surface area contributed by atoms with Gasteiger partial charge in [-0.2, -0.15) is 13.2 Å². The number of benzene rings is 3. The maximum absolute atomic E-state index is 13.0. The number of halogens is 3. The van der Waals surface area contributed by atoms with Crippen LogP contribution in [0, 0.1) is 0 Å². The van der Waals surface area contributed by atoms with E-state index in [-0.39, 0.29) is 18.5 Å². The molecule has 214 valence electrons. The highest BCUT2D eigenvalue weighted by atomic mass is 19.4. The molecule has 8 nitrogen and oxygen atoms in total. The van der Waals surface area contributed by atoms with Crippen LogP contribution in [0.1, 0.15) is 34.3 Å². The van der Waals surface area contributed by atoms with Crippen LogP contribution in [0.3, 0.4) is 0 Å². The van der Waals surface area contributed by atoms with Crippen molar-refractivity contribution in [3.8, 4) is 17.1 Å². The molecule has 1 fully saturated rings. The Morgan fingerprint density at radius 3 is 2.38 bits per heavy atom. The summed E-state index contributed by atoms with van der Waals surface area (Å²) in [5, 5.41) is 6.26. The summed E-state index contributed by atoms with van der Waals surface area (Å²) in [7, 11) is 0. The number of fused-ring (bicyclic) bond motifs is 1. The fourth-order valence-electron chi connectivity index (χ4n) is 4.43. The van der Waals surface area contributed by atoms with Gasteiger partial charge in [0.05, 0.1) is 25.0 Å². The normalized spacial score (nSPS) is 13.2. The van der Waals surface area contributed by atoms with Gasteiger partial charge < -0.3 is 19.9 Å². The van der Waals surface area contributed by atoms with Gasteiger partial charge in [-0.3, -0.25) is 4.79 Å². The van der Waals surface area contributed by atoms with Crippen LogP contribution in [0.5, 0.6) is 5.75 Å². The number of nitrogens with zero attached hydrogens (tertiary/aromatic N) is 4. The van der Waals surface area contributed by atoms with E-state index in [1.165, 1.54) is 12.1 Å². The Morgan fingerprint density at radius 1 is 0.952 bits per heavy atom. The highest BCUT2D eigenvalue weighted by Crippen LogP contribution is 2.30. The molecular weight excluding hydrogens is 545 g/mol. The van der Waals surface area contributed by atoms with Crippen LogP contribution >= 0.6 is 0 Å². The Hall–Kier alpha value is -4.93. The molecule has 2 N–H and O–H groups in total. The van der Waals surface area contributed by atoms with Crippen molar-refractivity contribution in [3.05, 3.63) is 102 Å². The minimum Gasteiger partial charge on any atom is -0.492 e. The van der Waals surface area contributed by atoms with E-state index >= 15 is 0 Å². The highest BCUT2D eigenvalue weighted by molar-refractivity contribution is 5.95. The summed E-state index contributed by atoms with van der Waals surface area (Å²) in [5.74, 6) is 1.54. The van der Waals surface area contributed by atoms with E-state index in [0.29, 0.717) is 52.6 Å². The van der Waals surface area contributed by atoms with Crippen molar-refractivity contribution >= 4 is 22.9 Å². The molecule has 1 saturated carbocycles. The molecular formula is C31H27F3N6O2. The van der Waals surface area contributed by atoms with Gasteiger partial charge in [0.15, 0.2) is 17.3 Å². The smallest absolute Gasteiger partial charge is 0.416 e. The van der Waals surface area contributed by atoms with Gasteiger partial charge in [0, 0.05) is 17.2 Å². The van der Waals surface area contributed by atoms with Crippen LogP contribution < -0.4 is 15.4 Å². The van der Waals surface area contributed by atoms with E-state index in [4.69, 9.17) is 14.7 Å². The molecule has 0 aliphatic heterocycles.